The van der Waals surface area contributed by atoms with Crippen molar-refractivity contribution in [3.05, 3.63) is 62.0 Å². The molecule has 132 valence electrons. The second-order valence-corrected chi connectivity index (χ2v) is 6.89. The molecule has 0 N–H and O–H groups in total. The Hall–Kier alpha value is -3.07. The Morgan fingerprint density at radius 1 is 1.35 bits per heavy atom. The van der Waals surface area contributed by atoms with Crippen molar-refractivity contribution in [1.29, 1.82) is 0 Å². The van der Waals surface area contributed by atoms with Crippen LogP contribution in [0.15, 0.2) is 40.8 Å². The zero-order chi connectivity index (χ0) is 18.3. The first kappa shape index (κ1) is 16.4. The van der Waals surface area contributed by atoms with Gasteiger partial charge >= 0.3 is 0 Å². The fourth-order valence-corrected chi connectivity index (χ4v) is 3.87. The number of hydrogen-bond acceptors (Lipinski definition) is 6. The number of carbonyl (C=O) groups is 1. The number of nitro benzene ring substituents is 1. The number of nitro groups is 1. The summed E-state index contributed by atoms with van der Waals surface area (Å²) >= 11 is 1.40. The maximum Gasteiger partial charge on any atom is 0.271 e. The van der Waals surface area contributed by atoms with Crippen LogP contribution in [0, 0.1) is 10.1 Å². The SMILES string of the molecule is O=C(CCn1cnc2sccc2c1=O)N1CCc2ccc([N+](=O)[O-])cc21. The van der Waals surface area contributed by atoms with Crippen LogP contribution in [-0.4, -0.2) is 26.9 Å². The summed E-state index contributed by atoms with van der Waals surface area (Å²) in [5.41, 5.74) is 1.30. The van der Waals surface area contributed by atoms with E-state index >= 15 is 0 Å². The van der Waals surface area contributed by atoms with Gasteiger partial charge in [-0.05, 0) is 23.4 Å². The zero-order valence-electron chi connectivity index (χ0n) is 13.6. The molecule has 4 rings (SSSR count). The first-order valence-corrected chi connectivity index (χ1v) is 8.93. The first-order chi connectivity index (χ1) is 12.5. The van der Waals surface area contributed by atoms with Gasteiger partial charge < -0.3 is 4.90 Å². The van der Waals surface area contributed by atoms with E-state index in [0.29, 0.717) is 28.9 Å². The molecule has 1 aliphatic rings. The van der Waals surface area contributed by atoms with E-state index in [1.807, 2.05) is 5.38 Å². The number of anilines is 1. The molecule has 1 aromatic carbocycles. The van der Waals surface area contributed by atoms with Crippen LogP contribution in [0.2, 0.25) is 0 Å². The highest BCUT2D eigenvalue weighted by atomic mass is 32.1. The minimum atomic E-state index is -0.470. The molecule has 0 atom stereocenters. The third-order valence-corrected chi connectivity index (χ3v) is 5.31. The molecule has 0 unspecified atom stereocenters. The van der Waals surface area contributed by atoms with E-state index in [4.69, 9.17) is 0 Å². The van der Waals surface area contributed by atoms with Gasteiger partial charge in [0.2, 0.25) is 5.91 Å². The molecule has 3 aromatic rings. The van der Waals surface area contributed by atoms with E-state index in [-0.39, 0.29) is 30.1 Å². The van der Waals surface area contributed by atoms with Crippen LogP contribution in [0.3, 0.4) is 0 Å². The van der Waals surface area contributed by atoms with Gasteiger partial charge in [-0.15, -0.1) is 11.3 Å². The summed E-state index contributed by atoms with van der Waals surface area (Å²) in [7, 11) is 0. The third-order valence-electron chi connectivity index (χ3n) is 4.49. The lowest BCUT2D eigenvalue weighted by molar-refractivity contribution is -0.384. The molecule has 1 amide bonds. The highest BCUT2D eigenvalue weighted by molar-refractivity contribution is 7.16. The smallest absolute Gasteiger partial charge is 0.271 e. The van der Waals surface area contributed by atoms with Gasteiger partial charge in [-0.25, -0.2) is 4.98 Å². The van der Waals surface area contributed by atoms with Crippen molar-refractivity contribution in [3.8, 4) is 0 Å². The molecule has 26 heavy (non-hydrogen) atoms. The van der Waals surface area contributed by atoms with Gasteiger partial charge in [0.25, 0.3) is 11.2 Å². The normalized spacial score (nSPS) is 13.2. The van der Waals surface area contributed by atoms with Crippen LogP contribution in [0.25, 0.3) is 10.2 Å². The quantitative estimate of drug-likeness (QED) is 0.518. The molecule has 0 bridgehead atoms. The van der Waals surface area contributed by atoms with Gasteiger partial charge in [0.1, 0.15) is 4.83 Å². The summed E-state index contributed by atoms with van der Waals surface area (Å²) in [6.07, 6.45) is 2.25. The molecular formula is C17H14N4O4S. The van der Waals surface area contributed by atoms with Crippen LogP contribution in [0.4, 0.5) is 11.4 Å². The van der Waals surface area contributed by atoms with Crippen LogP contribution >= 0.6 is 11.3 Å². The Morgan fingerprint density at radius 2 is 2.19 bits per heavy atom. The lowest BCUT2D eigenvalue weighted by Gasteiger charge is -2.17. The van der Waals surface area contributed by atoms with Crippen LogP contribution < -0.4 is 10.5 Å². The number of amides is 1. The lowest BCUT2D eigenvalue weighted by Crippen LogP contribution is -2.31. The van der Waals surface area contributed by atoms with Crippen molar-refractivity contribution >= 4 is 38.8 Å². The van der Waals surface area contributed by atoms with Crippen molar-refractivity contribution < 1.29 is 9.72 Å². The van der Waals surface area contributed by atoms with Crippen molar-refractivity contribution in [2.45, 2.75) is 19.4 Å². The summed E-state index contributed by atoms with van der Waals surface area (Å²) in [5, 5.41) is 13.3. The molecule has 0 spiro atoms. The highest BCUT2D eigenvalue weighted by Crippen LogP contribution is 2.32. The number of carbonyl (C=O) groups excluding carboxylic acids is 1. The van der Waals surface area contributed by atoms with Crippen molar-refractivity contribution in [3.63, 3.8) is 0 Å². The van der Waals surface area contributed by atoms with Crippen LogP contribution in [0.1, 0.15) is 12.0 Å². The van der Waals surface area contributed by atoms with Crippen molar-refractivity contribution in [2.24, 2.45) is 0 Å². The van der Waals surface area contributed by atoms with E-state index in [1.165, 1.54) is 34.4 Å². The monoisotopic (exact) mass is 370 g/mol. The topological polar surface area (TPSA) is 98.3 Å². The molecular weight excluding hydrogens is 356 g/mol. The Kier molecular flexibility index (Phi) is 4.00. The van der Waals surface area contributed by atoms with E-state index in [9.17, 15) is 19.7 Å². The average molecular weight is 370 g/mol. The number of rotatable bonds is 4. The summed E-state index contributed by atoms with van der Waals surface area (Å²) in [6, 6.07) is 6.31. The number of fused-ring (bicyclic) bond motifs is 2. The number of hydrogen-bond donors (Lipinski definition) is 0. The second-order valence-electron chi connectivity index (χ2n) is 6.00. The number of nitrogens with zero attached hydrogens (tertiary/aromatic N) is 4. The molecule has 8 nitrogen and oxygen atoms in total. The molecule has 0 saturated carbocycles. The van der Waals surface area contributed by atoms with Gasteiger partial charge in [-0.1, -0.05) is 6.07 Å². The fourth-order valence-electron chi connectivity index (χ4n) is 3.14. The molecule has 0 fully saturated rings. The summed E-state index contributed by atoms with van der Waals surface area (Å²) in [6.45, 7) is 0.712. The maximum absolute atomic E-state index is 12.6. The number of thiophene rings is 1. The van der Waals surface area contributed by atoms with Gasteiger partial charge in [0.05, 0.1) is 22.3 Å². The molecule has 0 saturated heterocycles. The van der Waals surface area contributed by atoms with Crippen LogP contribution in [0.5, 0.6) is 0 Å². The number of aryl methyl sites for hydroxylation is 1. The predicted octanol–water partition coefficient (Wildman–Crippen LogP) is 2.35. The minimum Gasteiger partial charge on any atom is -0.312 e. The van der Waals surface area contributed by atoms with Gasteiger partial charge in [0, 0.05) is 31.6 Å². The summed E-state index contributed by atoms with van der Waals surface area (Å²) < 4.78 is 1.43. The fraction of sp³-hybridized carbons (Fsp3) is 0.235. The summed E-state index contributed by atoms with van der Waals surface area (Å²) in [4.78, 5) is 41.9. The van der Waals surface area contributed by atoms with Gasteiger partial charge in [-0.2, -0.15) is 0 Å². The van der Waals surface area contributed by atoms with E-state index in [0.717, 1.165) is 5.56 Å². The van der Waals surface area contributed by atoms with E-state index < -0.39 is 4.92 Å². The Morgan fingerprint density at radius 3 is 3.00 bits per heavy atom. The molecule has 1 aliphatic heterocycles. The molecule has 0 aliphatic carbocycles. The standard InChI is InChI=1S/C17H14N4O4S/c22-15(4-6-19-10-18-16-13(17(19)23)5-8-26-16)20-7-3-11-1-2-12(21(24)25)9-14(11)20/h1-2,5,8-10H,3-4,6-7H2. The van der Waals surface area contributed by atoms with Gasteiger partial charge in [0.15, 0.2) is 0 Å². The van der Waals surface area contributed by atoms with Crippen LogP contribution in [-0.2, 0) is 17.8 Å². The highest BCUT2D eigenvalue weighted by Gasteiger charge is 2.26. The largest absolute Gasteiger partial charge is 0.312 e. The Balaban J connectivity index is 1.53. The van der Waals surface area contributed by atoms with Crippen molar-refractivity contribution in [1.82, 2.24) is 9.55 Å². The molecule has 9 heteroatoms. The Bertz CT molecular complexity index is 1090. The third kappa shape index (κ3) is 2.76. The van der Waals surface area contributed by atoms with Crippen molar-refractivity contribution in [2.75, 3.05) is 11.4 Å². The van der Waals surface area contributed by atoms with Gasteiger partial charge in [-0.3, -0.25) is 24.3 Å². The first-order valence-electron chi connectivity index (χ1n) is 8.05. The Labute approximate surface area is 151 Å². The lowest BCUT2D eigenvalue weighted by atomic mass is 10.1. The molecule has 2 aromatic heterocycles. The molecule has 0 radical (unpaired) electrons. The number of aromatic nitrogens is 2. The maximum atomic E-state index is 12.6. The summed E-state index contributed by atoms with van der Waals surface area (Å²) in [5.74, 6) is -0.165. The average Bonchev–Trinajstić information content (AvgIpc) is 3.27. The number of benzene rings is 1. The number of non-ortho nitro benzene ring substituents is 1. The zero-order valence-corrected chi connectivity index (χ0v) is 14.4. The van der Waals surface area contributed by atoms with E-state index in [2.05, 4.69) is 4.98 Å². The minimum absolute atomic E-state index is 0.0354. The van der Waals surface area contributed by atoms with E-state index in [1.54, 1.807) is 17.0 Å². The molecule has 3 heterocycles. The predicted molar refractivity (Wildman–Crippen MR) is 97.7 cm³/mol. The second kappa shape index (κ2) is 6.34.